The van der Waals surface area contributed by atoms with Crippen molar-refractivity contribution < 1.29 is 19.1 Å². The molecule has 5 heteroatoms. The van der Waals surface area contributed by atoms with Gasteiger partial charge in [-0.1, -0.05) is 0 Å². The van der Waals surface area contributed by atoms with Crippen molar-refractivity contribution in [2.75, 3.05) is 6.61 Å². The Labute approximate surface area is 93.8 Å². The number of amides is 1. The molecule has 1 N–H and O–H groups in total. The first-order valence-corrected chi connectivity index (χ1v) is 5.52. The van der Waals surface area contributed by atoms with Gasteiger partial charge < -0.3 is 14.8 Å². The molecule has 2 atom stereocenters. The lowest BCUT2D eigenvalue weighted by molar-refractivity contribution is -0.149. The Morgan fingerprint density at radius 1 is 1.56 bits per heavy atom. The van der Waals surface area contributed by atoms with Crippen LogP contribution in [-0.2, 0) is 19.1 Å². The van der Waals surface area contributed by atoms with Crippen LogP contribution < -0.4 is 5.32 Å². The first-order chi connectivity index (χ1) is 7.75. The Morgan fingerprint density at radius 2 is 2.44 bits per heavy atom. The third-order valence-electron chi connectivity index (χ3n) is 2.71. The van der Waals surface area contributed by atoms with E-state index in [2.05, 4.69) is 5.32 Å². The summed E-state index contributed by atoms with van der Waals surface area (Å²) in [7, 11) is 0. The molecule has 0 radical (unpaired) electrons. The van der Waals surface area contributed by atoms with Gasteiger partial charge in [0.05, 0.1) is 6.26 Å². The number of carbonyl (C=O) groups is 2. The van der Waals surface area contributed by atoms with E-state index in [0.29, 0.717) is 12.8 Å². The second kappa shape index (κ2) is 5.01. The summed E-state index contributed by atoms with van der Waals surface area (Å²) in [5, 5.41) is 2.57. The van der Waals surface area contributed by atoms with Crippen LogP contribution in [0.15, 0.2) is 12.3 Å². The van der Waals surface area contributed by atoms with Crippen molar-refractivity contribution in [1.82, 2.24) is 5.32 Å². The van der Waals surface area contributed by atoms with Crippen LogP contribution in [0.25, 0.3) is 0 Å². The fraction of sp³-hybridized carbons (Fsp3) is 0.636. The number of hydrogen-bond acceptors (Lipinski definition) is 4. The van der Waals surface area contributed by atoms with Gasteiger partial charge in [-0.3, -0.25) is 4.79 Å². The molecule has 88 valence electrons. The molecule has 0 aromatic rings. The molecule has 2 rings (SSSR count). The van der Waals surface area contributed by atoms with Gasteiger partial charge >= 0.3 is 5.97 Å². The van der Waals surface area contributed by atoms with Gasteiger partial charge in [-0.2, -0.15) is 0 Å². The van der Waals surface area contributed by atoms with Crippen LogP contribution in [0.3, 0.4) is 0 Å². The predicted octanol–water partition coefficient (Wildman–Crippen LogP) is 0.501. The average Bonchev–Trinajstić information content (AvgIpc) is 2.74. The normalized spacial score (nSPS) is 28.4. The zero-order valence-corrected chi connectivity index (χ0v) is 8.98. The lowest BCUT2D eigenvalue weighted by Gasteiger charge is -2.19. The van der Waals surface area contributed by atoms with Gasteiger partial charge in [0, 0.05) is 6.42 Å². The molecule has 2 unspecified atom stereocenters. The van der Waals surface area contributed by atoms with Crippen LogP contribution in [-0.4, -0.2) is 30.6 Å². The van der Waals surface area contributed by atoms with Crippen molar-refractivity contribution in [3.63, 3.8) is 0 Å². The maximum atomic E-state index is 11.5. The third-order valence-corrected chi connectivity index (χ3v) is 2.71. The van der Waals surface area contributed by atoms with Crippen LogP contribution in [0, 0.1) is 0 Å². The maximum Gasteiger partial charge on any atom is 0.328 e. The molecule has 2 heterocycles. The SMILES string of the molecule is O=C1CCC(C(=O)OCC2CCC=CO2)N1. The van der Waals surface area contributed by atoms with E-state index >= 15 is 0 Å². The molecule has 0 bridgehead atoms. The highest BCUT2D eigenvalue weighted by Gasteiger charge is 2.29. The second-order valence-electron chi connectivity index (χ2n) is 4.00. The number of allylic oxidation sites excluding steroid dienone is 1. The average molecular weight is 225 g/mol. The van der Waals surface area contributed by atoms with Crippen molar-refractivity contribution in [3.05, 3.63) is 12.3 Å². The number of carbonyl (C=O) groups excluding carboxylic acids is 2. The molecule has 0 aromatic carbocycles. The summed E-state index contributed by atoms with van der Waals surface area (Å²) >= 11 is 0. The molecule has 16 heavy (non-hydrogen) atoms. The number of hydrogen-bond donors (Lipinski definition) is 1. The number of ether oxygens (including phenoxy) is 2. The van der Waals surface area contributed by atoms with Gasteiger partial charge in [0.2, 0.25) is 5.91 Å². The summed E-state index contributed by atoms with van der Waals surface area (Å²) in [4.78, 5) is 22.4. The smallest absolute Gasteiger partial charge is 0.328 e. The minimum atomic E-state index is -0.466. The van der Waals surface area contributed by atoms with Gasteiger partial charge in [0.25, 0.3) is 0 Å². The van der Waals surface area contributed by atoms with Gasteiger partial charge in [-0.25, -0.2) is 4.79 Å². The van der Waals surface area contributed by atoms with Gasteiger partial charge in [0.15, 0.2) is 0 Å². The van der Waals surface area contributed by atoms with E-state index in [0.717, 1.165) is 12.8 Å². The number of esters is 1. The van der Waals surface area contributed by atoms with Crippen LogP contribution in [0.5, 0.6) is 0 Å². The van der Waals surface area contributed by atoms with E-state index in [-0.39, 0.29) is 24.6 Å². The van der Waals surface area contributed by atoms with E-state index in [4.69, 9.17) is 9.47 Å². The van der Waals surface area contributed by atoms with Gasteiger partial charge in [0.1, 0.15) is 18.8 Å². The molecule has 5 nitrogen and oxygen atoms in total. The molecular formula is C11H15NO4. The molecular weight excluding hydrogens is 210 g/mol. The van der Waals surface area contributed by atoms with Crippen molar-refractivity contribution in [1.29, 1.82) is 0 Å². The van der Waals surface area contributed by atoms with E-state index in [1.54, 1.807) is 6.26 Å². The van der Waals surface area contributed by atoms with E-state index in [1.807, 2.05) is 6.08 Å². The van der Waals surface area contributed by atoms with Gasteiger partial charge in [-0.15, -0.1) is 0 Å². The Balaban J connectivity index is 1.71. The number of nitrogens with one attached hydrogen (secondary N) is 1. The lowest BCUT2D eigenvalue weighted by Crippen LogP contribution is -2.36. The summed E-state index contributed by atoms with van der Waals surface area (Å²) in [5.74, 6) is -0.442. The molecule has 0 saturated carbocycles. The van der Waals surface area contributed by atoms with Gasteiger partial charge in [-0.05, 0) is 25.3 Å². The van der Waals surface area contributed by atoms with E-state index in [1.165, 1.54) is 0 Å². The molecule has 2 aliphatic heterocycles. The molecule has 0 aliphatic carbocycles. The van der Waals surface area contributed by atoms with Crippen LogP contribution >= 0.6 is 0 Å². The highest BCUT2D eigenvalue weighted by molar-refractivity contribution is 5.88. The first-order valence-electron chi connectivity index (χ1n) is 5.52. The lowest BCUT2D eigenvalue weighted by atomic mass is 10.2. The zero-order valence-electron chi connectivity index (χ0n) is 8.98. The molecule has 0 aromatic heterocycles. The standard InChI is InChI=1S/C11H15NO4/c13-10-5-4-9(12-10)11(14)16-7-8-3-1-2-6-15-8/h2,6,8-9H,1,3-5,7H2,(H,12,13). The third kappa shape index (κ3) is 2.74. The van der Waals surface area contributed by atoms with Crippen molar-refractivity contribution >= 4 is 11.9 Å². The molecule has 1 fully saturated rings. The summed E-state index contributed by atoms with van der Waals surface area (Å²) in [6, 6.07) is -0.466. The summed E-state index contributed by atoms with van der Waals surface area (Å²) in [6.07, 6.45) is 6.27. The highest BCUT2D eigenvalue weighted by atomic mass is 16.6. The summed E-state index contributed by atoms with van der Waals surface area (Å²) in [5.41, 5.74) is 0. The topological polar surface area (TPSA) is 64.6 Å². The van der Waals surface area contributed by atoms with Crippen molar-refractivity contribution in [2.45, 2.75) is 37.8 Å². The molecule has 0 spiro atoms. The monoisotopic (exact) mass is 225 g/mol. The quantitative estimate of drug-likeness (QED) is 0.710. The zero-order chi connectivity index (χ0) is 11.4. The Hall–Kier alpha value is -1.52. The Morgan fingerprint density at radius 3 is 3.06 bits per heavy atom. The summed E-state index contributed by atoms with van der Waals surface area (Å²) in [6.45, 7) is 0.259. The first kappa shape index (κ1) is 11.0. The highest BCUT2D eigenvalue weighted by Crippen LogP contribution is 2.12. The minimum Gasteiger partial charge on any atom is -0.495 e. The van der Waals surface area contributed by atoms with E-state index < -0.39 is 6.04 Å². The fourth-order valence-corrected chi connectivity index (χ4v) is 1.77. The summed E-state index contributed by atoms with van der Waals surface area (Å²) < 4.78 is 10.4. The van der Waals surface area contributed by atoms with Crippen molar-refractivity contribution in [3.8, 4) is 0 Å². The second-order valence-corrected chi connectivity index (χ2v) is 4.00. The molecule has 2 aliphatic rings. The Bertz CT molecular complexity index is 313. The van der Waals surface area contributed by atoms with Crippen molar-refractivity contribution in [2.24, 2.45) is 0 Å². The molecule has 1 amide bonds. The van der Waals surface area contributed by atoms with Crippen LogP contribution in [0.4, 0.5) is 0 Å². The van der Waals surface area contributed by atoms with E-state index in [9.17, 15) is 9.59 Å². The minimum absolute atomic E-state index is 0.0499. The Kier molecular flexibility index (Phi) is 3.44. The van der Waals surface area contributed by atoms with Crippen LogP contribution in [0.2, 0.25) is 0 Å². The predicted molar refractivity (Wildman–Crippen MR) is 55.4 cm³/mol. The maximum absolute atomic E-state index is 11.5. The van der Waals surface area contributed by atoms with Crippen LogP contribution in [0.1, 0.15) is 25.7 Å². The largest absolute Gasteiger partial charge is 0.495 e. The fourth-order valence-electron chi connectivity index (χ4n) is 1.77. The molecule has 1 saturated heterocycles. The number of rotatable bonds is 3.